The maximum atomic E-state index is 12.0. The van der Waals surface area contributed by atoms with Crippen LogP contribution in [0.15, 0.2) is 48.5 Å². The summed E-state index contributed by atoms with van der Waals surface area (Å²) < 4.78 is 10.3. The van der Waals surface area contributed by atoms with Crippen LogP contribution in [0.25, 0.3) is 0 Å². The minimum Gasteiger partial charge on any atom is -0.467 e. The zero-order chi connectivity index (χ0) is 17.0. The van der Waals surface area contributed by atoms with Crippen LogP contribution in [0.4, 0.5) is 0 Å². The lowest BCUT2D eigenvalue weighted by molar-refractivity contribution is -0.167. The van der Waals surface area contributed by atoms with Gasteiger partial charge >= 0.3 is 5.97 Å². The van der Waals surface area contributed by atoms with Gasteiger partial charge in [-0.1, -0.05) is 47.5 Å². The summed E-state index contributed by atoms with van der Waals surface area (Å²) in [5.74, 6) is -0.809. The summed E-state index contributed by atoms with van der Waals surface area (Å²) >= 11 is 11.9. The molecule has 1 N–H and O–H groups in total. The fraction of sp³-hybridized carbons (Fsp3) is 0.235. The smallest absolute Gasteiger partial charge is 0.338 e. The quantitative estimate of drug-likeness (QED) is 0.835. The summed E-state index contributed by atoms with van der Waals surface area (Å²) in [6.45, 7) is 0. The van der Waals surface area contributed by atoms with Gasteiger partial charge in [-0.25, -0.2) is 4.79 Å². The molecule has 1 unspecified atom stereocenters. The van der Waals surface area contributed by atoms with E-state index in [1.165, 1.54) is 14.2 Å². The number of benzene rings is 2. The van der Waals surface area contributed by atoms with E-state index in [4.69, 9.17) is 27.9 Å². The van der Waals surface area contributed by atoms with Gasteiger partial charge in [-0.15, -0.1) is 0 Å². The van der Waals surface area contributed by atoms with E-state index < -0.39 is 17.7 Å². The van der Waals surface area contributed by atoms with Crippen LogP contribution in [0.5, 0.6) is 0 Å². The summed E-state index contributed by atoms with van der Waals surface area (Å²) in [5, 5.41) is 11.7. The number of halogens is 2. The number of aliphatic hydroxyl groups excluding tert-OH is 1. The first-order valence-electron chi connectivity index (χ1n) is 6.79. The molecule has 0 saturated heterocycles. The summed E-state index contributed by atoms with van der Waals surface area (Å²) in [6, 6.07) is 13.4. The van der Waals surface area contributed by atoms with Crippen molar-refractivity contribution in [2.45, 2.75) is 11.7 Å². The fourth-order valence-corrected chi connectivity index (χ4v) is 2.75. The van der Waals surface area contributed by atoms with Crippen molar-refractivity contribution in [3.63, 3.8) is 0 Å². The second-order valence-corrected chi connectivity index (χ2v) is 5.75. The van der Waals surface area contributed by atoms with Crippen molar-refractivity contribution in [3.05, 3.63) is 69.7 Å². The first kappa shape index (κ1) is 17.8. The molecule has 2 aromatic carbocycles. The molecule has 0 spiro atoms. The highest BCUT2D eigenvalue weighted by atomic mass is 35.5. The predicted octanol–water partition coefficient (Wildman–Crippen LogP) is 3.42. The zero-order valence-corrected chi connectivity index (χ0v) is 14.1. The number of carbonyl (C=O) groups excluding carboxylic acids is 1. The van der Waals surface area contributed by atoms with Crippen LogP contribution in [0.3, 0.4) is 0 Å². The second kappa shape index (κ2) is 7.32. The number of hydrogen-bond acceptors (Lipinski definition) is 4. The number of hydrogen-bond donors (Lipinski definition) is 1. The Hall–Kier alpha value is -1.59. The van der Waals surface area contributed by atoms with Crippen molar-refractivity contribution in [1.82, 2.24) is 0 Å². The summed E-state index contributed by atoms with van der Waals surface area (Å²) in [6.07, 6.45) is -1.57. The SMILES string of the molecule is COC(=O)C(O)C(OC)(c1ccc(Cl)cc1)c1ccc(Cl)cc1. The lowest BCUT2D eigenvalue weighted by Gasteiger charge is -2.36. The van der Waals surface area contributed by atoms with E-state index >= 15 is 0 Å². The Labute approximate surface area is 144 Å². The van der Waals surface area contributed by atoms with Crippen molar-refractivity contribution >= 4 is 29.2 Å². The second-order valence-electron chi connectivity index (χ2n) is 4.88. The number of rotatable bonds is 5. The highest BCUT2D eigenvalue weighted by molar-refractivity contribution is 6.30. The molecule has 23 heavy (non-hydrogen) atoms. The Morgan fingerprint density at radius 3 is 1.65 bits per heavy atom. The summed E-state index contributed by atoms with van der Waals surface area (Å²) in [4.78, 5) is 12.0. The van der Waals surface area contributed by atoms with E-state index in [-0.39, 0.29) is 0 Å². The van der Waals surface area contributed by atoms with Gasteiger partial charge < -0.3 is 14.6 Å². The zero-order valence-electron chi connectivity index (χ0n) is 12.6. The van der Waals surface area contributed by atoms with Gasteiger partial charge in [0.25, 0.3) is 0 Å². The number of aliphatic hydroxyl groups is 1. The number of carbonyl (C=O) groups is 1. The van der Waals surface area contributed by atoms with Crippen molar-refractivity contribution in [1.29, 1.82) is 0 Å². The molecule has 0 radical (unpaired) electrons. The molecule has 0 aromatic heterocycles. The largest absolute Gasteiger partial charge is 0.467 e. The third kappa shape index (κ3) is 3.35. The molecule has 122 valence electrons. The highest BCUT2D eigenvalue weighted by Crippen LogP contribution is 2.38. The fourth-order valence-electron chi connectivity index (χ4n) is 2.50. The molecule has 0 aliphatic heterocycles. The van der Waals surface area contributed by atoms with E-state index in [1.807, 2.05) is 0 Å². The molecule has 2 rings (SSSR count). The predicted molar refractivity (Wildman–Crippen MR) is 88.7 cm³/mol. The lowest BCUT2D eigenvalue weighted by atomic mass is 9.81. The van der Waals surface area contributed by atoms with Gasteiger partial charge in [0, 0.05) is 17.2 Å². The first-order valence-corrected chi connectivity index (χ1v) is 7.54. The lowest BCUT2D eigenvalue weighted by Crippen LogP contribution is -2.47. The summed E-state index contributed by atoms with van der Waals surface area (Å²) in [7, 11) is 2.62. The molecule has 0 heterocycles. The maximum Gasteiger partial charge on any atom is 0.338 e. The van der Waals surface area contributed by atoms with E-state index in [1.54, 1.807) is 48.5 Å². The van der Waals surface area contributed by atoms with Crippen LogP contribution < -0.4 is 0 Å². The van der Waals surface area contributed by atoms with Crippen LogP contribution in [0.1, 0.15) is 11.1 Å². The van der Waals surface area contributed by atoms with Crippen LogP contribution in [0.2, 0.25) is 10.0 Å². The molecule has 0 saturated carbocycles. The third-order valence-corrected chi connectivity index (χ3v) is 4.18. The molecular weight excluding hydrogens is 339 g/mol. The van der Waals surface area contributed by atoms with Crippen molar-refractivity contribution in [2.24, 2.45) is 0 Å². The van der Waals surface area contributed by atoms with E-state index in [0.29, 0.717) is 21.2 Å². The van der Waals surface area contributed by atoms with Crippen LogP contribution in [0, 0.1) is 0 Å². The van der Waals surface area contributed by atoms with Gasteiger partial charge in [0.2, 0.25) is 0 Å². The highest BCUT2D eigenvalue weighted by Gasteiger charge is 2.46. The molecule has 6 heteroatoms. The molecular formula is C17H16Cl2O4. The van der Waals surface area contributed by atoms with Gasteiger partial charge in [-0.3, -0.25) is 0 Å². The van der Waals surface area contributed by atoms with Crippen molar-refractivity contribution in [2.75, 3.05) is 14.2 Å². The Morgan fingerprint density at radius 1 is 0.957 bits per heavy atom. The molecule has 0 aliphatic rings. The van der Waals surface area contributed by atoms with Crippen molar-refractivity contribution < 1.29 is 19.4 Å². The monoisotopic (exact) mass is 354 g/mol. The molecule has 2 aromatic rings. The minimum absolute atomic E-state index is 0.530. The molecule has 0 bridgehead atoms. The Balaban J connectivity index is 2.67. The van der Waals surface area contributed by atoms with Crippen molar-refractivity contribution in [3.8, 4) is 0 Å². The van der Waals surface area contributed by atoms with E-state index in [2.05, 4.69) is 4.74 Å². The number of methoxy groups -OCH3 is 2. The molecule has 0 amide bonds. The Morgan fingerprint density at radius 2 is 1.35 bits per heavy atom. The Kier molecular flexibility index (Phi) is 5.65. The molecule has 0 fully saturated rings. The number of esters is 1. The molecule has 4 nitrogen and oxygen atoms in total. The average Bonchev–Trinajstić information content (AvgIpc) is 2.58. The first-order chi connectivity index (χ1) is 11.0. The van der Waals surface area contributed by atoms with Gasteiger partial charge in [0.1, 0.15) is 0 Å². The van der Waals surface area contributed by atoms with Crippen LogP contribution in [-0.4, -0.2) is 31.4 Å². The van der Waals surface area contributed by atoms with Crippen LogP contribution >= 0.6 is 23.2 Å². The average molecular weight is 355 g/mol. The standard InChI is InChI=1S/C17H16Cl2O4/c1-22-16(21)15(20)17(23-2,11-3-7-13(18)8-4-11)12-5-9-14(19)10-6-12/h3-10,15,20H,1-2H3. The van der Waals surface area contributed by atoms with Gasteiger partial charge in [-0.05, 0) is 35.4 Å². The van der Waals surface area contributed by atoms with E-state index in [0.717, 1.165) is 0 Å². The van der Waals surface area contributed by atoms with E-state index in [9.17, 15) is 9.90 Å². The number of ether oxygens (including phenoxy) is 2. The van der Waals surface area contributed by atoms with Crippen LogP contribution in [-0.2, 0) is 19.9 Å². The minimum atomic E-state index is -1.57. The maximum absolute atomic E-state index is 12.0. The topological polar surface area (TPSA) is 55.8 Å². The summed E-state index contributed by atoms with van der Waals surface area (Å²) in [5.41, 5.74) is -0.323. The van der Waals surface area contributed by atoms with Gasteiger partial charge in [-0.2, -0.15) is 0 Å². The molecule has 1 atom stereocenters. The Bertz CT molecular complexity index is 622. The van der Waals surface area contributed by atoms with Gasteiger partial charge in [0.05, 0.1) is 7.11 Å². The normalized spacial score (nSPS) is 12.7. The van der Waals surface area contributed by atoms with Gasteiger partial charge in [0.15, 0.2) is 11.7 Å². The third-order valence-electron chi connectivity index (χ3n) is 3.68. The molecule has 0 aliphatic carbocycles.